The molecule has 0 aromatic heterocycles. The zero-order valence-electron chi connectivity index (χ0n) is 12.4. The van der Waals surface area contributed by atoms with Crippen LogP contribution in [0.15, 0.2) is 30.3 Å². The van der Waals surface area contributed by atoms with Crippen molar-refractivity contribution in [2.24, 2.45) is 0 Å². The second-order valence-electron chi connectivity index (χ2n) is 6.02. The van der Waals surface area contributed by atoms with Crippen molar-refractivity contribution in [2.45, 2.75) is 43.0 Å². The number of hydrogen-bond donors (Lipinski definition) is 1. The molecule has 23 heavy (non-hydrogen) atoms. The van der Waals surface area contributed by atoms with Crippen LogP contribution in [0.3, 0.4) is 0 Å². The molecule has 122 valence electrons. The smallest absolute Gasteiger partial charge is 0.338 e. The minimum absolute atomic E-state index is 0.114. The molecule has 1 aromatic carbocycles. The Labute approximate surface area is 132 Å². The number of hydrogen-bond acceptors (Lipinski definition) is 7. The number of carbonyl (C=O) groups excluding carboxylic acids is 2. The van der Waals surface area contributed by atoms with Gasteiger partial charge in [0.1, 0.15) is 31.0 Å². The summed E-state index contributed by atoms with van der Waals surface area (Å²) in [5.74, 6) is -0.997. The number of ether oxygens (including phenoxy) is 4. The van der Waals surface area contributed by atoms with Gasteiger partial charge in [-0.1, -0.05) is 18.2 Å². The Kier molecular flexibility index (Phi) is 3.19. The summed E-state index contributed by atoms with van der Waals surface area (Å²) < 4.78 is 21.4. The molecule has 1 aliphatic carbocycles. The first-order chi connectivity index (χ1) is 11.0. The molecule has 1 aromatic rings. The van der Waals surface area contributed by atoms with Crippen molar-refractivity contribution < 1.29 is 33.6 Å². The van der Waals surface area contributed by atoms with Crippen LogP contribution in [0.2, 0.25) is 0 Å². The van der Waals surface area contributed by atoms with Gasteiger partial charge in [-0.3, -0.25) is 4.79 Å². The van der Waals surface area contributed by atoms with Crippen molar-refractivity contribution in [2.75, 3.05) is 6.61 Å². The maximum absolute atomic E-state index is 12.0. The van der Waals surface area contributed by atoms with Gasteiger partial charge in [0.25, 0.3) is 0 Å². The number of aliphatic hydroxyl groups is 1. The third-order valence-corrected chi connectivity index (χ3v) is 4.51. The van der Waals surface area contributed by atoms with Gasteiger partial charge in [-0.15, -0.1) is 0 Å². The van der Waals surface area contributed by atoms with Crippen LogP contribution in [0.4, 0.5) is 0 Å². The van der Waals surface area contributed by atoms with Crippen LogP contribution >= 0.6 is 0 Å². The fraction of sp³-hybridized carbons (Fsp3) is 0.500. The molecule has 2 saturated heterocycles. The van der Waals surface area contributed by atoms with Crippen molar-refractivity contribution in [3.8, 4) is 0 Å². The van der Waals surface area contributed by atoms with Crippen molar-refractivity contribution in [1.82, 2.24) is 0 Å². The Morgan fingerprint density at radius 2 is 2.00 bits per heavy atom. The number of rotatable bonds is 4. The molecule has 3 aliphatic rings. The van der Waals surface area contributed by atoms with Gasteiger partial charge in [0.05, 0.1) is 5.56 Å². The van der Waals surface area contributed by atoms with Crippen LogP contribution in [0.1, 0.15) is 17.3 Å². The minimum Gasteiger partial charge on any atom is -0.459 e. The highest BCUT2D eigenvalue weighted by Crippen LogP contribution is 2.56. The molecule has 3 fully saturated rings. The molecule has 0 radical (unpaired) electrons. The number of benzene rings is 1. The van der Waals surface area contributed by atoms with Crippen molar-refractivity contribution in [3.63, 3.8) is 0 Å². The molecule has 0 spiro atoms. The summed E-state index contributed by atoms with van der Waals surface area (Å²) in [5, 5.41) is 10.5. The van der Waals surface area contributed by atoms with Gasteiger partial charge < -0.3 is 24.1 Å². The number of epoxide rings is 2. The third kappa shape index (κ3) is 2.32. The van der Waals surface area contributed by atoms with E-state index in [2.05, 4.69) is 0 Å². The fourth-order valence-corrected chi connectivity index (χ4v) is 3.25. The van der Waals surface area contributed by atoms with Crippen LogP contribution in [0.5, 0.6) is 0 Å². The Balaban J connectivity index is 1.45. The number of fused-ring (bicyclic) bond motifs is 3. The standard InChI is InChI=1S/C16H16O7/c1-8(17)21-11-10-12(22-10)14-16(23-14,13(11)18)7-20-15(19)9-5-3-2-4-6-9/h2-6,10-14,18H,7H2,1H3/t10-,11-,12-,13+,14-,16+/m1/s1. The summed E-state index contributed by atoms with van der Waals surface area (Å²) in [5.41, 5.74) is -0.633. The number of carbonyl (C=O) groups is 2. The summed E-state index contributed by atoms with van der Waals surface area (Å²) >= 11 is 0. The highest BCUT2D eigenvalue weighted by molar-refractivity contribution is 5.89. The predicted molar refractivity (Wildman–Crippen MR) is 74.6 cm³/mol. The average molecular weight is 320 g/mol. The van der Waals surface area contributed by atoms with Gasteiger partial charge in [0.2, 0.25) is 0 Å². The molecule has 0 unspecified atom stereocenters. The molecule has 0 bridgehead atoms. The molecule has 2 heterocycles. The summed E-state index contributed by atoms with van der Waals surface area (Å²) in [6.45, 7) is 1.16. The van der Waals surface area contributed by atoms with Crippen molar-refractivity contribution >= 4 is 11.9 Å². The van der Waals surface area contributed by atoms with Crippen molar-refractivity contribution in [3.05, 3.63) is 35.9 Å². The fourth-order valence-electron chi connectivity index (χ4n) is 3.25. The molecule has 1 saturated carbocycles. The maximum Gasteiger partial charge on any atom is 0.338 e. The van der Waals surface area contributed by atoms with Gasteiger partial charge >= 0.3 is 11.9 Å². The van der Waals surface area contributed by atoms with E-state index in [9.17, 15) is 14.7 Å². The Morgan fingerprint density at radius 1 is 1.26 bits per heavy atom. The summed E-state index contributed by atoms with van der Waals surface area (Å²) in [6.07, 6.45) is -2.80. The SMILES string of the molecule is CC(=O)O[C@@H]1[C@H]2O[C@H]2[C@H]2O[C@@]2(COC(=O)c2ccccc2)[C@H]1O. The first-order valence-corrected chi connectivity index (χ1v) is 7.44. The lowest BCUT2D eigenvalue weighted by atomic mass is 9.84. The van der Waals surface area contributed by atoms with E-state index >= 15 is 0 Å². The van der Waals surface area contributed by atoms with Gasteiger partial charge in [0.15, 0.2) is 11.7 Å². The molecule has 0 amide bonds. The van der Waals surface area contributed by atoms with Gasteiger partial charge in [0, 0.05) is 6.92 Å². The second kappa shape index (κ2) is 5.02. The van der Waals surface area contributed by atoms with Gasteiger partial charge in [-0.2, -0.15) is 0 Å². The van der Waals surface area contributed by atoms with Crippen LogP contribution < -0.4 is 0 Å². The summed E-state index contributed by atoms with van der Waals surface area (Å²) in [4.78, 5) is 23.2. The van der Waals surface area contributed by atoms with Crippen LogP contribution in [0, 0.1) is 0 Å². The van der Waals surface area contributed by atoms with Crippen molar-refractivity contribution in [1.29, 1.82) is 0 Å². The maximum atomic E-state index is 12.0. The predicted octanol–water partition coefficient (Wildman–Crippen LogP) is 0.0546. The number of esters is 2. The topological polar surface area (TPSA) is 97.9 Å². The second-order valence-corrected chi connectivity index (χ2v) is 6.02. The lowest BCUT2D eigenvalue weighted by molar-refractivity contribution is -0.158. The highest BCUT2D eigenvalue weighted by Gasteiger charge is 2.79. The van der Waals surface area contributed by atoms with E-state index in [-0.39, 0.29) is 24.9 Å². The minimum atomic E-state index is -1.09. The van der Waals surface area contributed by atoms with E-state index in [0.29, 0.717) is 5.56 Å². The van der Waals surface area contributed by atoms with Gasteiger partial charge in [-0.25, -0.2) is 4.79 Å². The van der Waals surface area contributed by atoms with Gasteiger partial charge in [-0.05, 0) is 12.1 Å². The molecule has 6 atom stereocenters. The first kappa shape index (κ1) is 14.6. The van der Waals surface area contributed by atoms with Crippen LogP contribution in [0.25, 0.3) is 0 Å². The van der Waals surface area contributed by atoms with E-state index in [4.69, 9.17) is 18.9 Å². The quantitative estimate of drug-likeness (QED) is 0.618. The monoisotopic (exact) mass is 320 g/mol. The molecular weight excluding hydrogens is 304 g/mol. The van der Waals surface area contributed by atoms with Crippen LogP contribution in [-0.4, -0.2) is 59.8 Å². The van der Waals surface area contributed by atoms with E-state index in [1.165, 1.54) is 6.92 Å². The first-order valence-electron chi connectivity index (χ1n) is 7.44. The lowest BCUT2D eigenvalue weighted by Gasteiger charge is -2.28. The lowest BCUT2D eigenvalue weighted by Crippen LogP contribution is -2.53. The third-order valence-electron chi connectivity index (χ3n) is 4.51. The zero-order chi connectivity index (χ0) is 16.2. The Morgan fingerprint density at radius 3 is 2.70 bits per heavy atom. The zero-order valence-corrected chi connectivity index (χ0v) is 12.4. The highest BCUT2D eigenvalue weighted by atomic mass is 16.7. The molecule has 7 heteroatoms. The van der Waals surface area contributed by atoms with E-state index < -0.39 is 29.7 Å². The molecule has 4 rings (SSSR count). The largest absolute Gasteiger partial charge is 0.459 e. The number of aliphatic hydroxyl groups excluding tert-OH is 1. The summed E-state index contributed by atoms with van der Waals surface area (Å²) in [7, 11) is 0. The summed E-state index contributed by atoms with van der Waals surface area (Å²) in [6, 6.07) is 8.56. The van der Waals surface area contributed by atoms with E-state index in [1.54, 1.807) is 30.3 Å². The van der Waals surface area contributed by atoms with E-state index in [1.807, 2.05) is 0 Å². The normalized spacial score (nSPS) is 39.7. The molecule has 2 aliphatic heterocycles. The Bertz CT molecular complexity index is 645. The van der Waals surface area contributed by atoms with E-state index in [0.717, 1.165) is 0 Å². The average Bonchev–Trinajstić information content (AvgIpc) is 3.42. The Hall–Kier alpha value is -1.96. The molecule has 1 N–H and O–H groups in total. The van der Waals surface area contributed by atoms with Crippen LogP contribution in [-0.2, 0) is 23.7 Å². The molecule has 7 nitrogen and oxygen atoms in total. The molecular formula is C16H16O7.